The van der Waals surface area contributed by atoms with E-state index in [2.05, 4.69) is 25.9 Å². The Bertz CT molecular complexity index is 2840. The number of rotatable bonds is 10. The highest BCUT2D eigenvalue weighted by molar-refractivity contribution is 9.10. The second kappa shape index (κ2) is 19.6. The lowest BCUT2D eigenvalue weighted by Crippen LogP contribution is -2.70. The standard InChI is InChI=1S/C52H62BrFN6O11/c1-30-22-34(67-41-17-15-14-16-37(41)54)18-19-38(30)60-44(59(47(64)70-51(8,9)10)48(65)71-52(11,12)13)35(27-55-60)43(61)40-23-31-24-42(36(53)26-39(31)58(40)46(63)69-50(5,6)7)66-21-20-56-28-32-25-33(29-56)57(32)45(62)68-49(2,3)4/h14-19,22-24,26-27,32-33H,20-21,25,28-29H2,1-13H3. The van der Waals surface area contributed by atoms with Crippen LogP contribution >= 0.6 is 15.9 Å². The number of hydrogen-bond acceptors (Lipinski definition) is 13. The fourth-order valence-corrected chi connectivity index (χ4v) is 8.69. The van der Waals surface area contributed by atoms with Crippen molar-refractivity contribution in [2.45, 2.75) is 131 Å². The Morgan fingerprint density at radius 3 is 1.92 bits per heavy atom. The molecule has 0 aliphatic carbocycles. The minimum Gasteiger partial charge on any atom is -0.491 e. The minimum atomic E-state index is -1.18. The molecule has 0 N–H and O–H groups in total. The monoisotopic (exact) mass is 1040 g/mol. The molecule has 3 aliphatic heterocycles. The third kappa shape index (κ3) is 12.2. The summed E-state index contributed by atoms with van der Waals surface area (Å²) in [4.78, 5) is 75.9. The molecule has 3 fully saturated rings. The highest BCUT2D eigenvalue weighted by Crippen LogP contribution is 2.38. The van der Waals surface area contributed by atoms with Crippen molar-refractivity contribution in [1.82, 2.24) is 24.1 Å². The molecular formula is C52H62BrFN6O11. The van der Waals surface area contributed by atoms with E-state index in [0.717, 1.165) is 11.0 Å². The summed E-state index contributed by atoms with van der Waals surface area (Å²) in [5, 5.41) is 5.00. The van der Waals surface area contributed by atoms with Crippen molar-refractivity contribution in [1.29, 1.82) is 0 Å². The van der Waals surface area contributed by atoms with Crippen LogP contribution in [0.2, 0.25) is 0 Å². The summed E-state index contributed by atoms with van der Waals surface area (Å²) in [7, 11) is 0. The van der Waals surface area contributed by atoms with Crippen LogP contribution in [0.5, 0.6) is 17.2 Å². The number of amides is 3. The predicted octanol–water partition coefficient (Wildman–Crippen LogP) is 11.6. The summed E-state index contributed by atoms with van der Waals surface area (Å²) in [6, 6.07) is 15.6. The van der Waals surface area contributed by atoms with Gasteiger partial charge in [0.2, 0.25) is 5.78 Å². The minimum absolute atomic E-state index is 0.0114. The number of carbonyl (C=O) groups is 5. The van der Waals surface area contributed by atoms with Crippen molar-refractivity contribution in [2.75, 3.05) is 31.1 Å². The normalized spacial score (nSPS) is 16.2. The summed E-state index contributed by atoms with van der Waals surface area (Å²) in [5.74, 6) is -1.07. The number of carbonyl (C=O) groups excluding carboxylic acids is 5. The molecule has 71 heavy (non-hydrogen) atoms. The molecule has 0 spiro atoms. The number of imide groups is 1. The van der Waals surface area contributed by atoms with E-state index >= 15 is 4.79 Å². The number of ketones is 1. The number of piperidine rings is 1. The maximum Gasteiger partial charge on any atom is 0.425 e. The lowest BCUT2D eigenvalue weighted by Gasteiger charge is -2.55. The van der Waals surface area contributed by atoms with Gasteiger partial charge < -0.3 is 28.4 Å². The fraction of sp³-hybridized carbons (Fsp3) is 0.462. The quantitative estimate of drug-likeness (QED) is 0.0956. The van der Waals surface area contributed by atoms with Gasteiger partial charge in [0.15, 0.2) is 17.4 Å². The first kappa shape index (κ1) is 52.4. The second-order valence-electron chi connectivity index (χ2n) is 21.6. The van der Waals surface area contributed by atoms with E-state index in [0.29, 0.717) is 45.7 Å². The zero-order chi connectivity index (χ0) is 52.1. The number of aromatic nitrogens is 3. The van der Waals surface area contributed by atoms with Gasteiger partial charge in [0, 0.05) is 25.0 Å². The molecule has 17 nitrogen and oxygen atoms in total. The first-order valence-electron chi connectivity index (χ1n) is 23.3. The number of anilines is 1. The molecular weight excluding hydrogens is 984 g/mol. The maximum absolute atomic E-state index is 15.4. The Labute approximate surface area is 421 Å². The smallest absolute Gasteiger partial charge is 0.425 e. The number of nitrogens with zero attached hydrogens (tertiary/aromatic N) is 6. The van der Waals surface area contributed by atoms with Gasteiger partial charge >= 0.3 is 24.4 Å². The molecule has 3 aromatic carbocycles. The van der Waals surface area contributed by atoms with Crippen LogP contribution in [0.15, 0.2) is 71.3 Å². The van der Waals surface area contributed by atoms with E-state index in [1.807, 2.05) is 25.7 Å². The Hall–Kier alpha value is -6.47. The van der Waals surface area contributed by atoms with E-state index in [4.69, 9.17) is 28.4 Å². The molecule has 3 amide bonds. The Morgan fingerprint density at radius 2 is 1.34 bits per heavy atom. The van der Waals surface area contributed by atoms with Crippen LogP contribution in [0.1, 0.15) is 111 Å². The number of fused-ring (bicyclic) bond motifs is 3. The average Bonchev–Trinajstić information content (AvgIpc) is 3.81. The van der Waals surface area contributed by atoms with Crippen molar-refractivity contribution in [3.63, 3.8) is 0 Å². The third-order valence-electron chi connectivity index (χ3n) is 11.0. The number of para-hydroxylation sites is 1. The molecule has 380 valence electrons. The van der Waals surface area contributed by atoms with Crippen LogP contribution in [0, 0.1) is 12.7 Å². The average molecular weight is 1050 g/mol. The van der Waals surface area contributed by atoms with E-state index in [-0.39, 0.29) is 64.6 Å². The topological polar surface area (TPSA) is 173 Å². The van der Waals surface area contributed by atoms with Gasteiger partial charge in [-0.15, -0.1) is 0 Å². The first-order valence-corrected chi connectivity index (χ1v) is 24.1. The Balaban J connectivity index is 1.28. The largest absolute Gasteiger partial charge is 0.491 e. The second-order valence-corrected chi connectivity index (χ2v) is 22.5. The molecule has 19 heteroatoms. The molecule has 3 aliphatic rings. The van der Waals surface area contributed by atoms with Gasteiger partial charge in [0.05, 0.1) is 39.5 Å². The number of hydrogen-bond donors (Lipinski definition) is 0. The lowest BCUT2D eigenvalue weighted by atomic mass is 9.88. The Morgan fingerprint density at radius 1 is 0.746 bits per heavy atom. The van der Waals surface area contributed by atoms with Gasteiger partial charge in [-0.3, -0.25) is 14.6 Å². The van der Waals surface area contributed by atoms with E-state index in [1.54, 1.807) is 112 Å². The zero-order valence-electron chi connectivity index (χ0n) is 42.5. The molecule has 2 bridgehead atoms. The maximum atomic E-state index is 15.4. The molecule has 5 aromatic rings. The van der Waals surface area contributed by atoms with Crippen LogP contribution in [-0.2, 0) is 18.9 Å². The van der Waals surface area contributed by atoms with Gasteiger partial charge in [0.1, 0.15) is 46.2 Å². The van der Waals surface area contributed by atoms with Crippen molar-refractivity contribution in [2.24, 2.45) is 0 Å². The van der Waals surface area contributed by atoms with Gasteiger partial charge in [0.25, 0.3) is 0 Å². The van der Waals surface area contributed by atoms with Gasteiger partial charge in [-0.05, 0) is 166 Å². The fourth-order valence-electron chi connectivity index (χ4n) is 8.25. The van der Waals surface area contributed by atoms with Crippen LogP contribution in [0.3, 0.4) is 0 Å². The van der Waals surface area contributed by atoms with E-state index in [9.17, 15) is 23.6 Å². The van der Waals surface area contributed by atoms with Crippen molar-refractivity contribution < 1.29 is 56.8 Å². The van der Waals surface area contributed by atoms with Crippen molar-refractivity contribution >= 4 is 62.8 Å². The number of piperazine rings is 1. The summed E-state index contributed by atoms with van der Waals surface area (Å²) in [5.41, 5.74) is -3.25. The molecule has 2 atom stereocenters. The number of halogens is 2. The molecule has 0 radical (unpaired) electrons. The van der Waals surface area contributed by atoms with Crippen molar-refractivity contribution in [3.05, 3.63) is 94.0 Å². The lowest BCUT2D eigenvalue weighted by molar-refractivity contribution is -0.0777. The molecule has 2 aromatic heterocycles. The van der Waals surface area contributed by atoms with Crippen LogP contribution < -0.4 is 14.4 Å². The highest BCUT2D eigenvalue weighted by atomic mass is 79.9. The summed E-state index contributed by atoms with van der Waals surface area (Å²) < 4.78 is 52.6. The third-order valence-corrected chi connectivity index (χ3v) is 11.6. The number of ether oxygens (including phenoxy) is 6. The molecule has 5 heterocycles. The van der Waals surface area contributed by atoms with E-state index in [1.165, 1.54) is 29.1 Å². The van der Waals surface area contributed by atoms with E-state index < -0.39 is 52.3 Å². The Kier molecular flexibility index (Phi) is 14.5. The van der Waals surface area contributed by atoms with Crippen LogP contribution in [0.25, 0.3) is 16.6 Å². The number of aryl methyl sites for hydroxylation is 1. The number of benzene rings is 3. The first-order chi connectivity index (χ1) is 33.0. The molecule has 0 saturated carbocycles. The van der Waals surface area contributed by atoms with Gasteiger partial charge in [-0.2, -0.15) is 10.00 Å². The highest BCUT2D eigenvalue weighted by Gasteiger charge is 2.48. The molecule has 8 rings (SSSR count). The van der Waals surface area contributed by atoms with Gasteiger partial charge in [-0.25, -0.2) is 32.8 Å². The molecule has 3 saturated heterocycles. The summed E-state index contributed by atoms with van der Waals surface area (Å²) >= 11 is 3.62. The zero-order valence-corrected chi connectivity index (χ0v) is 44.1. The van der Waals surface area contributed by atoms with Crippen LogP contribution in [-0.4, -0.2) is 115 Å². The molecule has 2 unspecified atom stereocenters. The van der Waals surface area contributed by atoms with Crippen molar-refractivity contribution in [3.8, 4) is 22.9 Å². The predicted molar refractivity (Wildman–Crippen MR) is 267 cm³/mol. The summed E-state index contributed by atoms with van der Waals surface area (Å²) in [6.45, 7) is 24.3. The summed E-state index contributed by atoms with van der Waals surface area (Å²) in [6.07, 6.45) is -1.45. The SMILES string of the molecule is Cc1cc(Oc2ccccc2F)ccc1-n1ncc(C(=O)c2cc3cc(OCCN4CC5CC(C4)N5C(=O)OC(C)(C)C)c(Br)cc3n2C(=O)OC(C)(C)C)c1N(C(=O)OC(C)(C)C)C(=O)OC(C)(C)C. The van der Waals surface area contributed by atoms with Gasteiger partial charge in [-0.1, -0.05) is 12.1 Å². The van der Waals surface area contributed by atoms with Crippen LogP contribution in [0.4, 0.5) is 29.4 Å².